The molecule has 10 heavy (non-hydrogen) atoms. The predicted octanol–water partition coefficient (Wildman–Crippen LogP) is 0.731. The Hall–Kier alpha value is -0.860. The van der Waals surface area contributed by atoms with Crippen molar-refractivity contribution in [1.29, 1.82) is 0 Å². The van der Waals surface area contributed by atoms with Crippen LogP contribution in [0.15, 0.2) is 4.99 Å². The number of carbonyl (C=O) groups is 1. The third-order valence-corrected chi connectivity index (χ3v) is 1.11. The Bertz CT molecular complexity index is 166. The maximum atomic E-state index is 10.7. The van der Waals surface area contributed by atoms with Gasteiger partial charge in [-0.25, -0.2) is 0 Å². The molecule has 58 valence electrons. The molecule has 0 aromatic heterocycles. The van der Waals surface area contributed by atoms with Gasteiger partial charge < -0.3 is 5.73 Å². The van der Waals surface area contributed by atoms with Crippen LogP contribution in [-0.2, 0) is 4.79 Å². The summed E-state index contributed by atoms with van der Waals surface area (Å²) in [6, 6.07) is 0. The molecule has 0 fully saturated rings. The lowest BCUT2D eigenvalue weighted by Gasteiger charge is -2.14. The number of amides is 1. The van der Waals surface area contributed by atoms with Crippen molar-refractivity contribution in [3.8, 4) is 0 Å². The fraction of sp³-hybridized carbons (Fsp3) is 0.714. The van der Waals surface area contributed by atoms with Gasteiger partial charge in [-0.05, 0) is 27.7 Å². The van der Waals surface area contributed by atoms with E-state index in [9.17, 15) is 4.79 Å². The van der Waals surface area contributed by atoms with E-state index < -0.39 is 11.4 Å². The van der Waals surface area contributed by atoms with Gasteiger partial charge in [0.05, 0.1) is 0 Å². The summed E-state index contributed by atoms with van der Waals surface area (Å²) in [6.07, 6.45) is 0. The van der Waals surface area contributed by atoms with E-state index in [0.29, 0.717) is 0 Å². The number of hydrogen-bond acceptors (Lipinski definition) is 2. The van der Waals surface area contributed by atoms with Gasteiger partial charge in [-0.2, -0.15) is 0 Å². The minimum Gasteiger partial charge on any atom is -0.368 e. The summed E-state index contributed by atoms with van der Waals surface area (Å²) in [5, 5.41) is 0. The zero-order valence-corrected chi connectivity index (χ0v) is 6.93. The van der Waals surface area contributed by atoms with Gasteiger partial charge >= 0.3 is 0 Å². The summed E-state index contributed by atoms with van der Waals surface area (Å²) < 4.78 is 0. The van der Waals surface area contributed by atoms with E-state index in [1.54, 1.807) is 13.8 Å². The van der Waals surface area contributed by atoms with Crippen LogP contribution in [0.1, 0.15) is 27.7 Å². The van der Waals surface area contributed by atoms with E-state index in [0.717, 1.165) is 5.71 Å². The van der Waals surface area contributed by atoms with Gasteiger partial charge in [0.1, 0.15) is 5.54 Å². The van der Waals surface area contributed by atoms with Crippen molar-refractivity contribution >= 4 is 11.6 Å². The first-order valence-corrected chi connectivity index (χ1v) is 3.19. The fourth-order valence-corrected chi connectivity index (χ4v) is 0.614. The van der Waals surface area contributed by atoms with Gasteiger partial charge in [0.25, 0.3) is 0 Å². The Morgan fingerprint density at radius 1 is 1.40 bits per heavy atom. The molecule has 0 unspecified atom stereocenters. The maximum absolute atomic E-state index is 10.7. The summed E-state index contributed by atoms with van der Waals surface area (Å²) in [7, 11) is 0. The smallest absolute Gasteiger partial charge is 0.244 e. The van der Waals surface area contributed by atoms with Crippen molar-refractivity contribution in [2.75, 3.05) is 0 Å². The number of carbonyl (C=O) groups excluding carboxylic acids is 1. The monoisotopic (exact) mass is 142 g/mol. The third-order valence-electron chi connectivity index (χ3n) is 1.11. The highest BCUT2D eigenvalue weighted by Gasteiger charge is 2.22. The number of nitrogens with two attached hydrogens (primary N) is 1. The van der Waals surface area contributed by atoms with Crippen molar-refractivity contribution in [2.24, 2.45) is 10.7 Å². The lowest BCUT2D eigenvalue weighted by Crippen LogP contribution is -2.36. The number of rotatable bonds is 2. The molecule has 3 heteroatoms. The predicted molar refractivity (Wildman–Crippen MR) is 42.1 cm³/mol. The van der Waals surface area contributed by atoms with Crippen LogP contribution in [-0.4, -0.2) is 17.2 Å². The first-order valence-electron chi connectivity index (χ1n) is 3.19. The van der Waals surface area contributed by atoms with Crippen molar-refractivity contribution in [3.63, 3.8) is 0 Å². The fourth-order valence-electron chi connectivity index (χ4n) is 0.614. The van der Waals surface area contributed by atoms with Gasteiger partial charge in [0.2, 0.25) is 5.91 Å². The van der Waals surface area contributed by atoms with E-state index in [1.165, 1.54) is 0 Å². The summed E-state index contributed by atoms with van der Waals surface area (Å²) in [4.78, 5) is 14.7. The first kappa shape index (κ1) is 9.14. The van der Waals surface area contributed by atoms with Crippen molar-refractivity contribution in [3.05, 3.63) is 0 Å². The molecule has 0 atom stereocenters. The molecule has 0 rings (SSSR count). The molecule has 0 aromatic rings. The van der Waals surface area contributed by atoms with Crippen LogP contribution in [0.3, 0.4) is 0 Å². The van der Waals surface area contributed by atoms with Crippen molar-refractivity contribution in [1.82, 2.24) is 0 Å². The molecule has 0 saturated carbocycles. The van der Waals surface area contributed by atoms with Crippen molar-refractivity contribution < 1.29 is 4.79 Å². The molecule has 0 spiro atoms. The van der Waals surface area contributed by atoms with Crippen LogP contribution in [0.25, 0.3) is 0 Å². The first-order chi connectivity index (χ1) is 4.36. The van der Waals surface area contributed by atoms with Gasteiger partial charge in [0.15, 0.2) is 0 Å². The largest absolute Gasteiger partial charge is 0.368 e. The van der Waals surface area contributed by atoms with Gasteiger partial charge in [-0.3, -0.25) is 9.79 Å². The second-order valence-electron chi connectivity index (χ2n) is 2.98. The zero-order chi connectivity index (χ0) is 8.36. The molecule has 0 aliphatic carbocycles. The van der Waals surface area contributed by atoms with Gasteiger partial charge in [-0.15, -0.1) is 0 Å². The van der Waals surface area contributed by atoms with Crippen LogP contribution < -0.4 is 5.73 Å². The average molecular weight is 142 g/mol. The quantitative estimate of drug-likeness (QED) is 0.568. The highest BCUT2D eigenvalue weighted by molar-refractivity contribution is 5.88. The van der Waals surface area contributed by atoms with E-state index in [-0.39, 0.29) is 0 Å². The normalized spacial score (nSPS) is 10.8. The van der Waals surface area contributed by atoms with Crippen LogP contribution >= 0.6 is 0 Å². The molecule has 2 N–H and O–H groups in total. The molecule has 0 aliphatic heterocycles. The minimum atomic E-state index is -0.751. The lowest BCUT2D eigenvalue weighted by atomic mass is 10.1. The highest BCUT2D eigenvalue weighted by Crippen LogP contribution is 2.07. The van der Waals surface area contributed by atoms with Crippen LogP contribution in [0.5, 0.6) is 0 Å². The second kappa shape index (κ2) is 2.82. The van der Waals surface area contributed by atoms with Crippen LogP contribution in [0, 0.1) is 0 Å². The molecule has 0 heterocycles. The third kappa shape index (κ3) is 2.62. The Morgan fingerprint density at radius 3 is 1.90 bits per heavy atom. The van der Waals surface area contributed by atoms with Crippen LogP contribution in [0.4, 0.5) is 0 Å². The zero-order valence-electron chi connectivity index (χ0n) is 6.93. The van der Waals surface area contributed by atoms with Crippen LogP contribution in [0.2, 0.25) is 0 Å². The van der Waals surface area contributed by atoms with E-state index in [2.05, 4.69) is 4.99 Å². The molecule has 0 saturated heterocycles. The minimum absolute atomic E-state index is 0.395. The molecular weight excluding hydrogens is 128 g/mol. The number of primary amides is 1. The molecule has 0 aromatic carbocycles. The highest BCUT2D eigenvalue weighted by atomic mass is 16.1. The summed E-state index contributed by atoms with van der Waals surface area (Å²) in [5.41, 5.74) is 5.19. The van der Waals surface area contributed by atoms with Gasteiger partial charge in [-0.1, -0.05) is 0 Å². The van der Waals surface area contributed by atoms with E-state index in [1.807, 2.05) is 13.8 Å². The summed E-state index contributed by atoms with van der Waals surface area (Å²) in [5.74, 6) is -0.395. The molecule has 1 amide bonds. The molecule has 3 nitrogen and oxygen atoms in total. The Morgan fingerprint density at radius 2 is 1.80 bits per heavy atom. The SMILES string of the molecule is CC(C)=NC(C)(C)C(N)=O. The average Bonchev–Trinajstić information content (AvgIpc) is 1.60. The molecule has 0 bridgehead atoms. The maximum Gasteiger partial charge on any atom is 0.244 e. The molecule has 0 aliphatic rings. The summed E-state index contributed by atoms with van der Waals surface area (Å²) in [6.45, 7) is 7.07. The number of nitrogens with zero attached hydrogens (tertiary/aromatic N) is 1. The van der Waals surface area contributed by atoms with Crippen molar-refractivity contribution in [2.45, 2.75) is 33.2 Å². The number of aliphatic imine (C=N–C) groups is 1. The molecular formula is C7H14N2O. The summed E-state index contributed by atoms with van der Waals surface area (Å²) >= 11 is 0. The van der Waals surface area contributed by atoms with E-state index in [4.69, 9.17) is 5.73 Å². The Balaban J connectivity index is 4.42. The standard InChI is InChI=1S/C7H14N2O/c1-5(2)9-7(3,4)6(8)10/h1-4H3,(H2,8,10). The topological polar surface area (TPSA) is 55.4 Å². The van der Waals surface area contributed by atoms with E-state index >= 15 is 0 Å². The second-order valence-corrected chi connectivity index (χ2v) is 2.98. The Kier molecular flexibility index (Phi) is 2.57. The number of hydrogen-bond donors (Lipinski definition) is 1. The van der Waals surface area contributed by atoms with Gasteiger partial charge in [0, 0.05) is 5.71 Å². The molecule has 0 radical (unpaired) electrons. The lowest BCUT2D eigenvalue weighted by molar-refractivity contribution is -0.121. The Labute approximate surface area is 61.3 Å².